The number of ether oxygens (including phenoxy) is 2. The second-order valence-electron chi connectivity index (χ2n) is 6.81. The summed E-state index contributed by atoms with van der Waals surface area (Å²) in [4.78, 5) is 27.4. The van der Waals surface area contributed by atoms with E-state index in [0.717, 1.165) is 19.3 Å². The van der Waals surface area contributed by atoms with Gasteiger partial charge in [-0.25, -0.2) is 0 Å². The van der Waals surface area contributed by atoms with Crippen LogP contribution in [0.1, 0.15) is 47.0 Å². The summed E-state index contributed by atoms with van der Waals surface area (Å²) in [5, 5.41) is 6.78. The molecule has 10 heteroatoms. The maximum Gasteiger partial charge on any atom is 0.387 e. The molecule has 162 valence electrons. The first kappa shape index (κ1) is 21.5. The molecule has 1 aliphatic heterocycles. The monoisotopic (exact) mass is 422 g/mol. The number of carbonyl (C=O) groups excluding carboxylic acids is 2. The normalized spacial score (nSPS) is 14.0. The number of alkyl halides is 2. The number of carbonyl (C=O) groups is 2. The summed E-state index contributed by atoms with van der Waals surface area (Å²) in [7, 11) is 1.64. The quantitative estimate of drug-likeness (QED) is 0.740. The standard InChI is InChI=1S/C20H24F2N4O4/c1-3-29-16-11-13(7-8-15(16)30-20(21)22)18(27)24-14-12-23-25(2)17(14)19(28)26-9-5-4-6-10-26/h7-8,11-12,20H,3-6,9-10H2,1-2H3,(H,24,27). The van der Waals surface area contributed by atoms with Crippen molar-refractivity contribution in [3.05, 3.63) is 35.7 Å². The van der Waals surface area contributed by atoms with Gasteiger partial charge >= 0.3 is 6.61 Å². The Labute approximate surface area is 172 Å². The average molecular weight is 422 g/mol. The molecule has 0 bridgehead atoms. The Bertz CT molecular complexity index is 910. The van der Waals surface area contributed by atoms with Crippen LogP contribution in [0.5, 0.6) is 11.5 Å². The number of amides is 2. The summed E-state index contributed by atoms with van der Waals surface area (Å²) in [6, 6.07) is 3.91. The van der Waals surface area contributed by atoms with Crippen molar-refractivity contribution in [3.63, 3.8) is 0 Å². The Morgan fingerprint density at radius 1 is 1.20 bits per heavy atom. The van der Waals surface area contributed by atoms with Gasteiger partial charge in [-0.05, 0) is 44.4 Å². The largest absolute Gasteiger partial charge is 0.490 e. The predicted molar refractivity (Wildman–Crippen MR) is 105 cm³/mol. The van der Waals surface area contributed by atoms with Gasteiger partial charge in [0.05, 0.1) is 18.5 Å². The van der Waals surface area contributed by atoms with Crippen molar-refractivity contribution < 1.29 is 27.8 Å². The first-order valence-corrected chi connectivity index (χ1v) is 9.75. The highest BCUT2D eigenvalue weighted by atomic mass is 19.3. The third-order valence-electron chi connectivity index (χ3n) is 4.75. The molecule has 0 atom stereocenters. The number of halogens is 2. The second kappa shape index (κ2) is 9.55. The van der Waals surface area contributed by atoms with E-state index in [-0.39, 0.29) is 41.0 Å². The van der Waals surface area contributed by atoms with Gasteiger partial charge in [0.2, 0.25) is 0 Å². The summed E-state index contributed by atoms with van der Waals surface area (Å²) in [6.45, 7) is 0.221. The number of benzene rings is 1. The molecule has 8 nitrogen and oxygen atoms in total. The van der Waals surface area contributed by atoms with Crippen LogP contribution >= 0.6 is 0 Å². The van der Waals surface area contributed by atoms with Crippen molar-refractivity contribution >= 4 is 17.5 Å². The maximum absolute atomic E-state index is 12.9. The average Bonchev–Trinajstić information content (AvgIpc) is 3.09. The Hall–Kier alpha value is -3.17. The van der Waals surface area contributed by atoms with Gasteiger partial charge in [-0.2, -0.15) is 13.9 Å². The van der Waals surface area contributed by atoms with E-state index in [1.54, 1.807) is 18.9 Å². The molecule has 2 aromatic rings. The molecule has 30 heavy (non-hydrogen) atoms. The number of aromatic nitrogens is 2. The van der Waals surface area contributed by atoms with Gasteiger partial charge in [-0.1, -0.05) is 0 Å². The minimum Gasteiger partial charge on any atom is -0.490 e. The summed E-state index contributed by atoms with van der Waals surface area (Å²) in [5.41, 5.74) is 0.733. The van der Waals surface area contributed by atoms with Gasteiger partial charge in [0.1, 0.15) is 5.69 Å². The first-order chi connectivity index (χ1) is 14.4. The lowest BCUT2D eigenvalue weighted by molar-refractivity contribution is -0.0514. The van der Waals surface area contributed by atoms with Gasteiger partial charge in [-0.3, -0.25) is 14.3 Å². The smallest absolute Gasteiger partial charge is 0.387 e. The van der Waals surface area contributed by atoms with E-state index >= 15 is 0 Å². The Kier molecular flexibility index (Phi) is 6.86. The Balaban J connectivity index is 1.81. The van der Waals surface area contributed by atoms with E-state index < -0.39 is 12.5 Å². The summed E-state index contributed by atoms with van der Waals surface area (Å²) in [5.74, 6) is -0.854. The van der Waals surface area contributed by atoms with Gasteiger partial charge < -0.3 is 19.7 Å². The van der Waals surface area contributed by atoms with Gasteiger partial charge in [-0.15, -0.1) is 0 Å². The van der Waals surface area contributed by atoms with E-state index in [1.807, 2.05) is 0 Å². The van der Waals surface area contributed by atoms with Crippen LogP contribution in [0.4, 0.5) is 14.5 Å². The number of nitrogens with one attached hydrogen (secondary N) is 1. The molecule has 1 saturated heterocycles. The van der Waals surface area contributed by atoms with Crippen molar-refractivity contribution in [2.45, 2.75) is 32.8 Å². The second-order valence-corrected chi connectivity index (χ2v) is 6.81. The Morgan fingerprint density at radius 3 is 2.60 bits per heavy atom. The summed E-state index contributed by atoms with van der Waals surface area (Å²) in [6.07, 6.45) is 4.38. The summed E-state index contributed by atoms with van der Waals surface area (Å²) < 4.78 is 36.3. The van der Waals surface area contributed by atoms with Gasteiger partial charge in [0, 0.05) is 25.7 Å². The van der Waals surface area contributed by atoms with E-state index in [1.165, 1.54) is 29.1 Å². The molecule has 0 saturated carbocycles. The predicted octanol–water partition coefficient (Wildman–Crippen LogP) is 3.30. The fourth-order valence-corrected chi connectivity index (χ4v) is 3.33. The molecule has 3 rings (SSSR count). The molecule has 0 radical (unpaired) electrons. The third kappa shape index (κ3) is 4.87. The van der Waals surface area contributed by atoms with Crippen LogP contribution < -0.4 is 14.8 Å². The fraction of sp³-hybridized carbons (Fsp3) is 0.450. The molecule has 2 heterocycles. The number of likely N-dealkylation sites (tertiary alicyclic amines) is 1. The third-order valence-corrected chi connectivity index (χ3v) is 4.75. The van der Waals surface area contributed by atoms with Crippen molar-refractivity contribution in [1.29, 1.82) is 0 Å². The molecule has 1 fully saturated rings. The van der Waals surface area contributed by atoms with E-state index in [9.17, 15) is 18.4 Å². The summed E-state index contributed by atoms with van der Waals surface area (Å²) >= 11 is 0. The Morgan fingerprint density at radius 2 is 1.93 bits per heavy atom. The maximum atomic E-state index is 12.9. The molecule has 1 aromatic heterocycles. The zero-order valence-electron chi connectivity index (χ0n) is 16.9. The fourth-order valence-electron chi connectivity index (χ4n) is 3.33. The first-order valence-electron chi connectivity index (χ1n) is 9.75. The molecule has 0 aliphatic carbocycles. The lowest BCUT2D eigenvalue weighted by Crippen LogP contribution is -2.37. The molecule has 0 unspecified atom stereocenters. The van der Waals surface area contributed by atoms with Crippen molar-refractivity contribution in [3.8, 4) is 11.5 Å². The van der Waals surface area contributed by atoms with E-state index in [0.29, 0.717) is 13.1 Å². The van der Waals surface area contributed by atoms with E-state index in [4.69, 9.17) is 4.74 Å². The number of aryl methyl sites for hydroxylation is 1. The molecule has 1 aliphatic rings. The van der Waals surface area contributed by atoms with Crippen LogP contribution in [0.25, 0.3) is 0 Å². The number of anilines is 1. The van der Waals surface area contributed by atoms with Crippen LogP contribution in [0, 0.1) is 0 Å². The van der Waals surface area contributed by atoms with Crippen LogP contribution in [0.15, 0.2) is 24.4 Å². The van der Waals surface area contributed by atoms with Gasteiger partial charge in [0.15, 0.2) is 11.5 Å². The van der Waals surface area contributed by atoms with Crippen LogP contribution in [0.2, 0.25) is 0 Å². The van der Waals surface area contributed by atoms with E-state index in [2.05, 4.69) is 15.2 Å². The minimum atomic E-state index is -3.01. The number of piperidine rings is 1. The zero-order valence-corrected chi connectivity index (χ0v) is 16.9. The van der Waals surface area contributed by atoms with Crippen molar-refractivity contribution in [1.82, 2.24) is 14.7 Å². The highest BCUT2D eigenvalue weighted by Crippen LogP contribution is 2.30. The lowest BCUT2D eigenvalue weighted by atomic mass is 10.1. The van der Waals surface area contributed by atoms with Crippen LogP contribution in [0.3, 0.4) is 0 Å². The highest BCUT2D eigenvalue weighted by molar-refractivity contribution is 6.08. The van der Waals surface area contributed by atoms with Crippen molar-refractivity contribution in [2.75, 3.05) is 25.0 Å². The number of nitrogens with zero attached hydrogens (tertiary/aromatic N) is 3. The minimum absolute atomic E-state index is 0.0289. The number of hydrogen-bond donors (Lipinski definition) is 1. The van der Waals surface area contributed by atoms with Crippen molar-refractivity contribution in [2.24, 2.45) is 7.05 Å². The highest BCUT2D eigenvalue weighted by Gasteiger charge is 2.25. The van der Waals surface area contributed by atoms with Gasteiger partial charge in [0.25, 0.3) is 11.8 Å². The molecule has 1 N–H and O–H groups in total. The zero-order chi connectivity index (χ0) is 21.7. The lowest BCUT2D eigenvalue weighted by Gasteiger charge is -2.27. The number of rotatable bonds is 7. The van der Waals surface area contributed by atoms with Crippen LogP contribution in [-0.2, 0) is 7.05 Å². The van der Waals surface area contributed by atoms with Crippen LogP contribution in [-0.4, -0.2) is 52.8 Å². The molecule has 1 aromatic carbocycles. The molecular formula is C20H24F2N4O4. The molecule has 0 spiro atoms. The topological polar surface area (TPSA) is 85.7 Å². The SMILES string of the molecule is CCOc1cc(C(=O)Nc2cnn(C)c2C(=O)N2CCCCC2)ccc1OC(F)F. The molecular weight excluding hydrogens is 398 g/mol. The molecule has 2 amide bonds. The number of hydrogen-bond acceptors (Lipinski definition) is 5.